The van der Waals surface area contributed by atoms with E-state index in [1.54, 1.807) is 0 Å². The predicted molar refractivity (Wildman–Crippen MR) is 153 cm³/mol. The molecule has 2 heteroatoms. The van der Waals surface area contributed by atoms with E-state index >= 15 is 0 Å². The van der Waals surface area contributed by atoms with Crippen LogP contribution in [0, 0.1) is 47.3 Å². The highest BCUT2D eigenvalue weighted by Crippen LogP contribution is 2.49. The Morgan fingerprint density at radius 3 is 2.11 bits per heavy atom. The molecule has 0 spiro atoms. The summed E-state index contributed by atoms with van der Waals surface area (Å²) in [6.45, 7) is 4.85. The van der Waals surface area contributed by atoms with Gasteiger partial charge in [0.25, 0.3) is 0 Å². The summed E-state index contributed by atoms with van der Waals surface area (Å²) in [6, 6.07) is 0. The third-order valence-electron chi connectivity index (χ3n) is 11.8. The average Bonchev–Trinajstić information content (AvgIpc) is 3.22. The van der Waals surface area contributed by atoms with Crippen LogP contribution in [-0.4, -0.2) is 22.4 Å². The van der Waals surface area contributed by atoms with Crippen molar-refractivity contribution in [3.05, 3.63) is 0 Å². The number of hydrogen-bond acceptors (Lipinski definition) is 2. The molecule has 6 atom stereocenters. The molecule has 2 N–H and O–H groups in total. The number of aliphatic hydroxyl groups excluding tert-OH is 2. The largest absolute Gasteiger partial charge is 0.393 e. The number of aliphatic hydroxyl groups is 2. The second-order valence-electron chi connectivity index (χ2n) is 14.3. The fraction of sp³-hybridized carbons (Fsp3) is 1.00. The molecular weight excluding hydrogens is 440 g/mol. The lowest BCUT2D eigenvalue weighted by atomic mass is 9.64. The first-order chi connectivity index (χ1) is 17.5. The molecule has 4 fully saturated rings. The van der Waals surface area contributed by atoms with Gasteiger partial charge in [-0.1, -0.05) is 90.9 Å². The predicted octanol–water partition coefficient (Wildman–Crippen LogP) is 9.31. The van der Waals surface area contributed by atoms with Crippen LogP contribution >= 0.6 is 0 Å². The zero-order chi connectivity index (χ0) is 25.3. The summed E-state index contributed by atoms with van der Waals surface area (Å²) in [5.74, 6) is 6.71. The van der Waals surface area contributed by atoms with Crippen molar-refractivity contribution < 1.29 is 10.2 Å². The molecule has 36 heavy (non-hydrogen) atoms. The topological polar surface area (TPSA) is 40.5 Å². The van der Waals surface area contributed by atoms with Crippen molar-refractivity contribution in [2.75, 3.05) is 0 Å². The van der Waals surface area contributed by atoms with Gasteiger partial charge >= 0.3 is 0 Å². The summed E-state index contributed by atoms with van der Waals surface area (Å²) in [7, 11) is 0. The van der Waals surface area contributed by atoms with Crippen LogP contribution in [-0.2, 0) is 0 Å². The van der Waals surface area contributed by atoms with E-state index in [-0.39, 0.29) is 12.2 Å². The Hall–Kier alpha value is -0.0800. The maximum Gasteiger partial charge on any atom is 0.0573 e. The summed E-state index contributed by atoms with van der Waals surface area (Å²) >= 11 is 0. The summed E-state index contributed by atoms with van der Waals surface area (Å²) in [5, 5.41) is 21.0. The molecule has 0 amide bonds. The number of hydrogen-bond donors (Lipinski definition) is 2. The summed E-state index contributed by atoms with van der Waals surface area (Å²) in [4.78, 5) is 0. The van der Waals surface area contributed by atoms with Gasteiger partial charge in [-0.3, -0.25) is 0 Å². The van der Waals surface area contributed by atoms with Gasteiger partial charge in [0.15, 0.2) is 0 Å². The molecule has 0 saturated heterocycles. The molecule has 4 rings (SSSR count). The fourth-order valence-electron chi connectivity index (χ4n) is 9.57. The Labute approximate surface area is 224 Å². The third kappa shape index (κ3) is 8.21. The van der Waals surface area contributed by atoms with Crippen molar-refractivity contribution in [3.8, 4) is 0 Å². The minimum absolute atomic E-state index is 0.0156. The molecule has 210 valence electrons. The van der Waals surface area contributed by atoms with E-state index in [1.165, 1.54) is 122 Å². The van der Waals surface area contributed by atoms with Gasteiger partial charge in [0.05, 0.1) is 12.2 Å². The Morgan fingerprint density at radius 2 is 1.39 bits per heavy atom. The molecule has 0 aromatic carbocycles. The van der Waals surface area contributed by atoms with Gasteiger partial charge < -0.3 is 10.2 Å². The smallest absolute Gasteiger partial charge is 0.0573 e. The zero-order valence-corrected chi connectivity index (χ0v) is 24.2. The molecule has 0 aromatic heterocycles. The molecule has 0 aromatic rings. The van der Waals surface area contributed by atoms with Crippen molar-refractivity contribution in [1.82, 2.24) is 0 Å². The minimum Gasteiger partial charge on any atom is -0.393 e. The van der Waals surface area contributed by atoms with Crippen LogP contribution in [0.4, 0.5) is 0 Å². The molecular formula is C34H62O2. The van der Waals surface area contributed by atoms with Crippen LogP contribution in [0.2, 0.25) is 0 Å². The Balaban J connectivity index is 1.26. The van der Waals surface area contributed by atoms with Crippen molar-refractivity contribution >= 4 is 0 Å². The Morgan fingerprint density at radius 1 is 0.722 bits per heavy atom. The lowest BCUT2D eigenvalue weighted by molar-refractivity contribution is 0.0517. The molecule has 4 saturated carbocycles. The van der Waals surface area contributed by atoms with E-state index in [9.17, 15) is 10.2 Å². The van der Waals surface area contributed by atoms with Crippen LogP contribution in [0.3, 0.4) is 0 Å². The first kappa shape index (κ1) is 28.9. The second kappa shape index (κ2) is 14.9. The summed E-state index contributed by atoms with van der Waals surface area (Å²) < 4.78 is 0. The molecule has 4 aliphatic carbocycles. The minimum atomic E-state index is -0.0324. The van der Waals surface area contributed by atoms with Crippen molar-refractivity contribution in [2.24, 2.45) is 47.3 Å². The zero-order valence-electron chi connectivity index (χ0n) is 24.2. The molecule has 4 aliphatic rings. The highest BCUT2D eigenvalue weighted by molar-refractivity contribution is 4.93. The summed E-state index contributed by atoms with van der Waals surface area (Å²) in [6.07, 6.45) is 29.8. The van der Waals surface area contributed by atoms with Crippen LogP contribution in [0.25, 0.3) is 0 Å². The van der Waals surface area contributed by atoms with E-state index in [0.717, 1.165) is 60.7 Å². The first-order valence-corrected chi connectivity index (χ1v) is 16.9. The van der Waals surface area contributed by atoms with Gasteiger partial charge in [0, 0.05) is 0 Å². The van der Waals surface area contributed by atoms with Crippen LogP contribution < -0.4 is 0 Å². The van der Waals surface area contributed by atoms with Gasteiger partial charge in [-0.2, -0.15) is 0 Å². The molecule has 2 nitrogen and oxygen atoms in total. The number of unbranched alkanes of at least 4 members (excludes halogenated alkanes) is 4. The Bertz CT molecular complexity index is 588. The summed E-state index contributed by atoms with van der Waals surface area (Å²) in [5.41, 5.74) is 0. The maximum absolute atomic E-state index is 10.9. The van der Waals surface area contributed by atoms with E-state index in [1.807, 2.05) is 0 Å². The third-order valence-corrected chi connectivity index (χ3v) is 11.8. The maximum atomic E-state index is 10.9. The lowest BCUT2D eigenvalue weighted by Gasteiger charge is -2.41. The number of rotatable bonds is 13. The molecule has 0 heterocycles. The molecule has 0 bridgehead atoms. The quantitative estimate of drug-likeness (QED) is 0.246. The van der Waals surface area contributed by atoms with Gasteiger partial charge in [-0.05, 0) is 112 Å². The average molecular weight is 503 g/mol. The van der Waals surface area contributed by atoms with Crippen LogP contribution in [0.1, 0.15) is 155 Å². The molecule has 5 unspecified atom stereocenters. The van der Waals surface area contributed by atoms with Crippen molar-refractivity contribution in [1.29, 1.82) is 0 Å². The highest BCUT2D eigenvalue weighted by atomic mass is 16.3. The first-order valence-electron chi connectivity index (χ1n) is 16.9. The monoisotopic (exact) mass is 502 g/mol. The van der Waals surface area contributed by atoms with Gasteiger partial charge in [0.1, 0.15) is 0 Å². The van der Waals surface area contributed by atoms with Crippen molar-refractivity contribution in [2.45, 2.75) is 167 Å². The van der Waals surface area contributed by atoms with E-state index in [0.29, 0.717) is 5.92 Å². The second-order valence-corrected chi connectivity index (χ2v) is 14.3. The Kier molecular flexibility index (Phi) is 12.0. The standard InChI is InChI=1S/C34H62O2/c1-3-4-5-6-7-10-26-14-16-27(17-15-26)33(28-18-20-30(35)21-19-28)23-25(2)13-22-32-31-12-9-8-11-29(31)24-34(32)36/h25-36H,3-24H2,1-2H3/t25?,26?,27?,28?,29?,30?,31?,32?,33?,34-/m0/s1. The fourth-order valence-corrected chi connectivity index (χ4v) is 9.57. The molecule has 0 radical (unpaired) electrons. The SMILES string of the molecule is CCCCCCCC1CCC(C(CC(C)CCC2C3CCCCC3C[C@@H]2O)C2CCC(O)CC2)CC1. The lowest BCUT2D eigenvalue weighted by Crippen LogP contribution is -2.32. The van der Waals surface area contributed by atoms with Gasteiger partial charge in [-0.15, -0.1) is 0 Å². The normalized spacial score (nSPS) is 39.0. The van der Waals surface area contributed by atoms with Crippen molar-refractivity contribution in [3.63, 3.8) is 0 Å². The highest BCUT2D eigenvalue weighted by Gasteiger charge is 2.43. The van der Waals surface area contributed by atoms with E-state index in [2.05, 4.69) is 13.8 Å². The van der Waals surface area contributed by atoms with E-state index < -0.39 is 0 Å². The van der Waals surface area contributed by atoms with Crippen LogP contribution in [0.15, 0.2) is 0 Å². The van der Waals surface area contributed by atoms with Crippen LogP contribution in [0.5, 0.6) is 0 Å². The molecule has 0 aliphatic heterocycles. The van der Waals surface area contributed by atoms with Gasteiger partial charge in [0.2, 0.25) is 0 Å². The number of fused-ring (bicyclic) bond motifs is 1. The van der Waals surface area contributed by atoms with Gasteiger partial charge in [-0.25, -0.2) is 0 Å². The van der Waals surface area contributed by atoms with E-state index in [4.69, 9.17) is 0 Å².